The van der Waals surface area contributed by atoms with Crippen LogP contribution in [0.3, 0.4) is 0 Å². The van der Waals surface area contributed by atoms with Gasteiger partial charge in [-0.3, -0.25) is 9.78 Å². The first kappa shape index (κ1) is 14.5. The number of amides is 1. The molecule has 0 aliphatic rings. The zero-order chi connectivity index (χ0) is 15.7. The molecule has 0 bridgehead atoms. The van der Waals surface area contributed by atoms with E-state index in [9.17, 15) is 4.79 Å². The molecule has 2 N–H and O–H groups in total. The van der Waals surface area contributed by atoms with Crippen LogP contribution in [0.4, 0.5) is 0 Å². The van der Waals surface area contributed by atoms with Gasteiger partial charge in [0.25, 0.3) is 5.91 Å². The largest absolute Gasteiger partial charge is 0.366 e. The number of thiophene rings is 1. The van der Waals surface area contributed by atoms with E-state index in [1.54, 1.807) is 17.5 Å². The van der Waals surface area contributed by atoms with Gasteiger partial charge in [0.05, 0.1) is 17.8 Å². The molecule has 3 heterocycles. The number of nitrogens with two attached hydrogens (primary N) is 1. The maximum atomic E-state index is 12.0. The minimum absolute atomic E-state index is 0.387. The molecule has 0 saturated carbocycles. The van der Waals surface area contributed by atoms with Crippen molar-refractivity contribution in [1.82, 2.24) is 9.55 Å². The lowest BCUT2D eigenvalue weighted by atomic mass is 10.0. The van der Waals surface area contributed by atoms with Gasteiger partial charge in [-0.15, -0.1) is 0 Å². The topological polar surface area (TPSA) is 60.9 Å². The average Bonchev–Trinajstić information content (AvgIpc) is 3.10. The molecular formula is C17H17N3OS. The third-order valence-corrected chi connectivity index (χ3v) is 4.57. The average molecular weight is 311 g/mol. The molecule has 0 aliphatic heterocycles. The molecule has 3 rings (SSSR count). The normalized spacial score (nSPS) is 10.8. The summed E-state index contributed by atoms with van der Waals surface area (Å²) < 4.78 is 2.11. The predicted octanol–water partition coefficient (Wildman–Crippen LogP) is 3.38. The van der Waals surface area contributed by atoms with Gasteiger partial charge in [0.1, 0.15) is 0 Å². The van der Waals surface area contributed by atoms with Crippen LogP contribution in [-0.2, 0) is 6.54 Å². The molecular weight excluding hydrogens is 294 g/mol. The van der Waals surface area contributed by atoms with Crippen molar-refractivity contribution >= 4 is 17.2 Å². The summed E-state index contributed by atoms with van der Waals surface area (Å²) in [6, 6.07) is 7.85. The van der Waals surface area contributed by atoms with Gasteiger partial charge >= 0.3 is 0 Å². The van der Waals surface area contributed by atoms with Gasteiger partial charge < -0.3 is 10.3 Å². The second kappa shape index (κ2) is 5.77. The second-order valence-electron chi connectivity index (χ2n) is 5.20. The number of carbonyl (C=O) groups is 1. The van der Waals surface area contributed by atoms with Gasteiger partial charge in [0.2, 0.25) is 0 Å². The van der Waals surface area contributed by atoms with Crippen molar-refractivity contribution in [1.29, 1.82) is 0 Å². The minimum atomic E-state index is -0.387. The maximum Gasteiger partial charge on any atom is 0.251 e. The van der Waals surface area contributed by atoms with E-state index in [-0.39, 0.29) is 5.91 Å². The van der Waals surface area contributed by atoms with Gasteiger partial charge in [0.15, 0.2) is 0 Å². The van der Waals surface area contributed by atoms with Crippen LogP contribution in [0.15, 0.2) is 41.2 Å². The summed E-state index contributed by atoms with van der Waals surface area (Å²) in [5.74, 6) is -0.387. The molecule has 0 aliphatic carbocycles. The number of primary amides is 1. The van der Waals surface area contributed by atoms with E-state index in [1.807, 2.05) is 48.9 Å². The third kappa shape index (κ3) is 2.44. The number of hydrogen-bond donors (Lipinski definition) is 1. The highest BCUT2D eigenvalue weighted by atomic mass is 32.1. The summed E-state index contributed by atoms with van der Waals surface area (Å²) in [5, 5.41) is 4.05. The lowest BCUT2D eigenvalue weighted by Gasteiger charge is -2.09. The molecule has 3 aromatic heterocycles. The Balaban J connectivity index is 2.16. The summed E-state index contributed by atoms with van der Waals surface area (Å²) in [6.45, 7) is 4.59. The molecule has 0 atom stereocenters. The van der Waals surface area contributed by atoms with Crippen LogP contribution in [-0.4, -0.2) is 15.5 Å². The molecule has 0 radical (unpaired) electrons. The molecule has 0 aromatic carbocycles. The van der Waals surface area contributed by atoms with Gasteiger partial charge in [0, 0.05) is 23.1 Å². The Morgan fingerprint density at radius 1 is 1.27 bits per heavy atom. The van der Waals surface area contributed by atoms with Crippen LogP contribution in [0.5, 0.6) is 0 Å². The van der Waals surface area contributed by atoms with Crippen molar-refractivity contribution in [3.8, 4) is 11.1 Å². The van der Waals surface area contributed by atoms with Gasteiger partial charge in [-0.25, -0.2) is 0 Å². The van der Waals surface area contributed by atoms with Crippen LogP contribution in [0, 0.1) is 13.8 Å². The SMILES string of the molecule is Cc1c(C(N)=O)c(-c2ccsc2)c(C)n1Cc1ccccn1. The van der Waals surface area contributed by atoms with Crippen LogP contribution >= 0.6 is 11.3 Å². The number of hydrogen-bond acceptors (Lipinski definition) is 3. The predicted molar refractivity (Wildman–Crippen MR) is 89.1 cm³/mol. The first-order valence-electron chi connectivity index (χ1n) is 7.01. The number of pyridine rings is 1. The standard InChI is InChI=1S/C17H17N3OS/c1-11-15(13-6-8-22-10-13)16(17(18)21)12(2)20(11)9-14-5-3-4-7-19-14/h3-8,10H,9H2,1-2H3,(H2,18,21). The van der Waals surface area contributed by atoms with E-state index < -0.39 is 0 Å². The van der Waals surface area contributed by atoms with Crippen molar-refractivity contribution in [3.63, 3.8) is 0 Å². The zero-order valence-electron chi connectivity index (χ0n) is 12.5. The van der Waals surface area contributed by atoms with Gasteiger partial charge in [-0.2, -0.15) is 11.3 Å². The van der Waals surface area contributed by atoms with Crippen LogP contribution < -0.4 is 5.73 Å². The van der Waals surface area contributed by atoms with Crippen LogP contribution in [0.25, 0.3) is 11.1 Å². The van der Waals surface area contributed by atoms with Gasteiger partial charge in [-0.05, 0) is 48.4 Å². The molecule has 1 amide bonds. The Labute approximate surface area is 133 Å². The molecule has 0 fully saturated rings. The smallest absolute Gasteiger partial charge is 0.251 e. The fourth-order valence-electron chi connectivity index (χ4n) is 2.84. The van der Waals surface area contributed by atoms with Crippen LogP contribution in [0.1, 0.15) is 27.4 Å². The molecule has 0 unspecified atom stereocenters. The van der Waals surface area contributed by atoms with E-state index in [0.717, 1.165) is 28.2 Å². The Kier molecular flexibility index (Phi) is 3.81. The summed E-state index contributed by atoms with van der Waals surface area (Å²) in [6.07, 6.45) is 1.78. The third-order valence-electron chi connectivity index (χ3n) is 3.89. The quantitative estimate of drug-likeness (QED) is 0.803. The monoisotopic (exact) mass is 311 g/mol. The van der Waals surface area contributed by atoms with E-state index >= 15 is 0 Å². The fourth-order valence-corrected chi connectivity index (χ4v) is 3.48. The summed E-state index contributed by atoms with van der Waals surface area (Å²) in [5.41, 5.74) is 11.1. The summed E-state index contributed by atoms with van der Waals surface area (Å²) in [7, 11) is 0. The Hall–Kier alpha value is -2.40. The lowest BCUT2D eigenvalue weighted by molar-refractivity contribution is 0.1000. The molecule has 5 heteroatoms. The van der Waals surface area contributed by atoms with E-state index in [4.69, 9.17) is 5.73 Å². The highest BCUT2D eigenvalue weighted by Gasteiger charge is 2.22. The number of aromatic nitrogens is 2. The summed E-state index contributed by atoms with van der Waals surface area (Å²) >= 11 is 1.61. The lowest BCUT2D eigenvalue weighted by Crippen LogP contribution is -2.13. The van der Waals surface area contributed by atoms with Crippen LogP contribution in [0.2, 0.25) is 0 Å². The number of rotatable bonds is 4. The Bertz CT molecular complexity index is 804. The van der Waals surface area contributed by atoms with Crippen molar-refractivity contribution in [2.75, 3.05) is 0 Å². The number of nitrogens with zero attached hydrogens (tertiary/aromatic N) is 2. The van der Waals surface area contributed by atoms with E-state index in [1.165, 1.54) is 0 Å². The molecule has 22 heavy (non-hydrogen) atoms. The Morgan fingerprint density at radius 3 is 2.68 bits per heavy atom. The second-order valence-corrected chi connectivity index (χ2v) is 5.98. The highest BCUT2D eigenvalue weighted by Crippen LogP contribution is 2.33. The molecule has 3 aromatic rings. The van der Waals surface area contributed by atoms with E-state index in [0.29, 0.717) is 12.1 Å². The first-order valence-corrected chi connectivity index (χ1v) is 7.96. The van der Waals surface area contributed by atoms with E-state index in [2.05, 4.69) is 9.55 Å². The maximum absolute atomic E-state index is 12.0. The van der Waals surface area contributed by atoms with Crippen molar-refractivity contribution in [2.24, 2.45) is 5.73 Å². The van der Waals surface area contributed by atoms with Gasteiger partial charge in [-0.1, -0.05) is 6.07 Å². The van der Waals surface area contributed by atoms with Crippen molar-refractivity contribution < 1.29 is 4.79 Å². The fraction of sp³-hybridized carbons (Fsp3) is 0.176. The van der Waals surface area contributed by atoms with Crippen molar-refractivity contribution in [2.45, 2.75) is 20.4 Å². The number of carbonyl (C=O) groups excluding carboxylic acids is 1. The zero-order valence-corrected chi connectivity index (χ0v) is 13.4. The highest BCUT2D eigenvalue weighted by molar-refractivity contribution is 7.08. The molecule has 0 spiro atoms. The van der Waals surface area contributed by atoms with Crippen molar-refractivity contribution in [3.05, 3.63) is 63.9 Å². The Morgan fingerprint density at radius 2 is 2.09 bits per heavy atom. The molecule has 0 saturated heterocycles. The minimum Gasteiger partial charge on any atom is -0.366 e. The summed E-state index contributed by atoms with van der Waals surface area (Å²) in [4.78, 5) is 16.3. The molecule has 4 nitrogen and oxygen atoms in total. The first-order chi connectivity index (χ1) is 10.6. The molecule has 112 valence electrons.